The lowest BCUT2D eigenvalue weighted by molar-refractivity contribution is -0.117. The van der Waals surface area contributed by atoms with Crippen LogP contribution in [0.5, 0.6) is 5.75 Å². The van der Waals surface area contributed by atoms with Crippen molar-refractivity contribution < 1.29 is 14.3 Å². The van der Waals surface area contributed by atoms with Crippen LogP contribution in [0.3, 0.4) is 0 Å². The number of nitrogens with zero attached hydrogens (tertiary/aromatic N) is 1. The molecule has 29 heavy (non-hydrogen) atoms. The Kier molecular flexibility index (Phi) is 3.82. The van der Waals surface area contributed by atoms with E-state index in [-0.39, 0.29) is 17.0 Å². The third-order valence-corrected chi connectivity index (χ3v) is 5.90. The second-order valence-corrected chi connectivity index (χ2v) is 8.91. The number of carbonyl (C=O) groups is 2. The van der Waals surface area contributed by atoms with E-state index in [9.17, 15) is 9.59 Å². The Morgan fingerprint density at radius 3 is 2.55 bits per heavy atom. The minimum absolute atomic E-state index is 0.0648. The smallest absolute Gasteiger partial charge is 0.206 e. The van der Waals surface area contributed by atoms with E-state index in [0.29, 0.717) is 28.9 Å². The Morgan fingerprint density at radius 1 is 1.03 bits per heavy atom. The number of ether oxygens (including phenoxy) is 1. The number of rotatable bonds is 1. The summed E-state index contributed by atoms with van der Waals surface area (Å²) in [6.45, 7) is 6.18. The molecule has 5 rings (SSSR count). The summed E-state index contributed by atoms with van der Waals surface area (Å²) < 4.78 is 6.37. The van der Waals surface area contributed by atoms with Gasteiger partial charge in [0.1, 0.15) is 5.75 Å². The number of benzene rings is 2. The third kappa shape index (κ3) is 2.82. The summed E-state index contributed by atoms with van der Waals surface area (Å²) in [5, 5.41) is 0. The largest absolute Gasteiger partial charge is 0.465 e. The predicted molar refractivity (Wildman–Crippen MR) is 112 cm³/mol. The van der Waals surface area contributed by atoms with E-state index >= 15 is 0 Å². The fourth-order valence-corrected chi connectivity index (χ4v) is 4.56. The average molecular weight is 385 g/mol. The van der Waals surface area contributed by atoms with Gasteiger partial charge in [-0.3, -0.25) is 9.59 Å². The summed E-state index contributed by atoms with van der Waals surface area (Å²) in [4.78, 5) is 28.4. The lowest BCUT2D eigenvalue weighted by Crippen LogP contribution is -2.49. The summed E-state index contributed by atoms with van der Waals surface area (Å²) in [5.41, 5.74) is 4.46. The van der Waals surface area contributed by atoms with Gasteiger partial charge in [0.05, 0.1) is 11.1 Å². The first kappa shape index (κ1) is 17.9. The van der Waals surface area contributed by atoms with Gasteiger partial charge in [0.2, 0.25) is 6.23 Å². The van der Waals surface area contributed by atoms with Gasteiger partial charge in [-0.05, 0) is 49.1 Å². The van der Waals surface area contributed by atoms with Crippen molar-refractivity contribution in [3.05, 3.63) is 82.6 Å². The molecule has 0 N–H and O–H groups in total. The molecular formula is C25H23NO3. The van der Waals surface area contributed by atoms with Crippen molar-refractivity contribution >= 4 is 17.3 Å². The van der Waals surface area contributed by atoms with Crippen LogP contribution in [0.2, 0.25) is 0 Å². The van der Waals surface area contributed by atoms with Gasteiger partial charge in [-0.1, -0.05) is 43.7 Å². The first-order chi connectivity index (χ1) is 13.8. The van der Waals surface area contributed by atoms with Gasteiger partial charge >= 0.3 is 0 Å². The molecule has 0 saturated carbocycles. The van der Waals surface area contributed by atoms with Crippen molar-refractivity contribution in [1.82, 2.24) is 0 Å². The van der Waals surface area contributed by atoms with Crippen molar-refractivity contribution in [1.29, 1.82) is 0 Å². The highest BCUT2D eigenvalue weighted by Crippen LogP contribution is 2.46. The molecule has 0 bridgehead atoms. The number of para-hydroxylation sites is 1. The maximum atomic E-state index is 13.4. The average Bonchev–Trinajstić information content (AvgIpc) is 2.67. The lowest BCUT2D eigenvalue weighted by atomic mass is 9.73. The molecule has 2 aliphatic heterocycles. The number of anilines is 1. The van der Waals surface area contributed by atoms with E-state index < -0.39 is 6.23 Å². The van der Waals surface area contributed by atoms with Crippen LogP contribution in [0.1, 0.15) is 42.6 Å². The molecule has 0 spiro atoms. The molecule has 0 fully saturated rings. The Labute approximate surface area is 170 Å². The molecule has 2 aromatic rings. The highest BCUT2D eigenvalue weighted by atomic mass is 16.5. The highest BCUT2D eigenvalue weighted by Gasteiger charge is 2.45. The van der Waals surface area contributed by atoms with Crippen LogP contribution < -0.4 is 9.64 Å². The molecule has 1 atom stereocenters. The van der Waals surface area contributed by atoms with Gasteiger partial charge in [0.25, 0.3) is 0 Å². The van der Waals surface area contributed by atoms with Crippen molar-refractivity contribution in [2.45, 2.75) is 39.8 Å². The normalized spacial score (nSPS) is 22.4. The van der Waals surface area contributed by atoms with Crippen LogP contribution in [0.15, 0.2) is 71.5 Å². The second-order valence-electron chi connectivity index (χ2n) is 8.91. The fourth-order valence-electron chi connectivity index (χ4n) is 4.56. The van der Waals surface area contributed by atoms with E-state index in [0.717, 1.165) is 23.4 Å². The van der Waals surface area contributed by atoms with Crippen LogP contribution in [-0.2, 0) is 4.79 Å². The van der Waals surface area contributed by atoms with E-state index in [1.54, 1.807) is 6.08 Å². The van der Waals surface area contributed by atoms with Gasteiger partial charge in [-0.2, -0.15) is 0 Å². The number of hydrogen-bond acceptors (Lipinski definition) is 4. The quantitative estimate of drug-likeness (QED) is 0.694. The predicted octanol–water partition coefficient (Wildman–Crippen LogP) is 4.99. The molecule has 146 valence electrons. The minimum Gasteiger partial charge on any atom is -0.465 e. The maximum Gasteiger partial charge on any atom is 0.206 e. The summed E-state index contributed by atoms with van der Waals surface area (Å²) >= 11 is 0. The number of fused-ring (bicyclic) bond motifs is 2. The fraction of sp³-hybridized carbons (Fsp3) is 0.280. The number of allylic oxidation sites excluding steroid dienone is 3. The van der Waals surface area contributed by atoms with Crippen molar-refractivity contribution in [3.8, 4) is 5.75 Å². The van der Waals surface area contributed by atoms with Crippen LogP contribution in [0.25, 0.3) is 0 Å². The summed E-state index contributed by atoms with van der Waals surface area (Å²) in [7, 11) is 0. The topological polar surface area (TPSA) is 46.6 Å². The van der Waals surface area contributed by atoms with E-state index in [2.05, 4.69) is 13.8 Å². The molecule has 0 saturated heterocycles. The van der Waals surface area contributed by atoms with Gasteiger partial charge in [-0.15, -0.1) is 0 Å². The molecule has 0 radical (unpaired) electrons. The van der Waals surface area contributed by atoms with Crippen LogP contribution in [0, 0.1) is 12.3 Å². The van der Waals surface area contributed by atoms with Crippen LogP contribution >= 0.6 is 0 Å². The van der Waals surface area contributed by atoms with E-state index in [4.69, 9.17) is 4.74 Å². The molecule has 0 amide bonds. The summed E-state index contributed by atoms with van der Waals surface area (Å²) in [6.07, 6.45) is 2.44. The second kappa shape index (κ2) is 6.18. The van der Waals surface area contributed by atoms with Crippen molar-refractivity contribution in [2.75, 3.05) is 4.90 Å². The van der Waals surface area contributed by atoms with Gasteiger partial charge < -0.3 is 9.64 Å². The molecule has 4 nitrogen and oxygen atoms in total. The standard InChI is InChI=1S/C25H23NO3/c1-15-9-10-22-18(11-15)23(28)19-12-17-20(13-25(2,3)14-21(17)27)26(24(19)29-22)16-7-5-4-6-8-16/h4-12,24H,13-14H2,1-3H3. The Bertz CT molecular complexity index is 1110. The zero-order valence-electron chi connectivity index (χ0n) is 16.9. The Morgan fingerprint density at radius 2 is 1.79 bits per heavy atom. The highest BCUT2D eigenvalue weighted by molar-refractivity contribution is 6.15. The van der Waals surface area contributed by atoms with E-state index in [1.165, 1.54) is 0 Å². The molecule has 4 heteroatoms. The molecular weight excluding hydrogens is 362 g/mol. The number of aryl methyl sites for hydroxylation is 1. The van der Waals surface area contributed by atoms with Crippen LogP contribution in [-0.4, -0.2) is 17.8 Å². The van der Waals surface area contributed by atoms with Gasteiger partial charge in [0.15, 0.2) is 11.6 Å². The summed E-state index contributed by atoms with van der Waals surface area (Å²) in [6, 6.07) is 15.6. The van der Waals surface area contributed by atoms with Crippen molar-refractivity contribution in [3.63, 3.8) is 0 Å². The van der Waals surface area contributed by atoms with Gasteiger partial charge in [-0.25, -0.2) is 0 Å². The zero-order valence-corrected chi connectivity index (χ0v) is 16.9. The van der Waals surface area contributed by atoms with E-state index in [1.807, 2.05) is 60.4 Å². The number of carbonyl (C=O) groups excluding carboxylic acids is 2. The number of Topliss-reactive ketones (excluding diaryl/α,β-unsaturated/α-hetero) is 2. The molecule has 1 aliphatic carbocycles. The molecule has 2 aromatic carbocycles. The maximum absolute atomic E-state index is 13.4. The molecule has 1 unspecified atom stereocenters. The number of hydrogen-bond donors (Lipinski definition) is 0. The lowest BCUT2D eigenvalue weighted by Gasteiger charge is -2.45. The van der Waals surface area contributed by atoms with Crippen LogP contribution in [0.4, 0.5) is 5.69 Å². The Balaban J connectivity index is 1.73. The molecule has 0 aromatic heterocycles. The Hall–Kier alpha value is -3.14. The minimum atomic E-state index is -0.569. The van der Waals surface area contributed by atoms with Gasteiger partial charge in [0, 0.05) is 23.4 Å². The van der Waals surface area contributed by atoms with Crippen molar-refractivity contribution in [2.24, 2.45) is 5.41 Å². The summed E-state index contributed by atoms with van der Waals surface area (Å²) in [5.74, 6) is 0.616. The monoisotopic (exact) mass is 385 g/mol. The first-order valence-electron chi connectivity index (χ1n) is 9.98. The first-order valence-corrected chi connectivity index (χ1v) is 9.98. The zero-order chi connectivity index (χ0) is 20.3. The molecule has 3 aliphatic rings. The molecule has 2 heterocycles. The number of ketones is 2. The SMILES string of the molecule is Cc1ccc2c(c1)C(=O)C1=CC3=C(CC(C)(C)CC3=O)N(c3ccccc3)C1O2. The third-order valence-electron chi connectivity index (χ3n) is 5.90.